The topological polar surface area (TPSA) is 75.7 Å². The van der Waals surface area contributed by atoms with Gasteiger partial charge in [-0.3, -0.25) is 4.79 Å². The van der Waals surface area contributed by atoms with E-state index >= 15 is 0 Å². The van der Waals surface area contributed by atoms with Crippen LogP contribution in [0.4, 0.5) is 4.39 Å². The normalized spacial score (nSPS) is 11.7. The quantitative estimate of drug-likeness (QED) is 0.636. The number of nitrogens with one attached hydrogen (secondary N) is 1. The first-order valence-electron chi connectivity index (χ1n) is 7.28. The van der Waals surface area contributed by atoms with Crippen molar-refractivity contribution in [1.29, 1.82) is 0 Å². The molecule has 0 radical (unpaired) electrons. The smallest absolute Gasteiger partial charge is 0.235 e. The molecule has 1 N–H and O–H groups in total. The van der Waals surface area contributed by atoms with Gasteiger partial charge in [0.25, 0.3) is 0 Å². The SMILES string of the molecule is COCCCN(CC(=O)NCCc1ccc(F)cc1)S(C)(=O)=O. The lowest BCUT2D eigenvalue weighted by Gasteiger charge is -2.19. The van der Waals surface area contributed by atoms with Gasteiger partial charge in [0.2, 0.25) is 15.9 Å². The van der Waals surface area contributed by atoms with Gasteiger partial charge < -0.3 is 10.1 Å². The third-order valence-corrected chi connectivity index (χ3v) is 4.44. The molecule has 0 bridgehead atoms. The minimum Gasteiger partial charge on any atom is -0.385 e. The van der Waals surface area contributed by atoms with Gasteiger partial charge in [-0.05, 0) is 30.5 Å². The summed E-state index contributed by atoms with van der Waals surface area (Å²) < 4.78 is 42.1. The number of benzene rings is 1. The number of sulfonamides is 1. The molecule has 0 aromatic heterocycles. The second-order valence-electron chi connectivity index (χ2n) is 5.17. The maximum Gasteiger partial charge on any atom is 0.235 e. The number of ether oxygens (including phenoxy) is 1. The van der Waals surface area contributed by atoms with Crippen LogP contribution in [0, 0.1) is 5.82 Å². The molecule has 1 aromatic rings. The van der Waals surface area contributed by atoms with Crippen molar-refractivity contribution in [3.8, 4) is 0 Å². The van der Waals surface area contributed by atoms with Crippen LogP contribution in [0.3, 0.4) is 0 Å². The first-order chi connectivity index (χ1) is 10.8. The van der Waals surface area contributed by atoms with E-state index in [0.29, 0.717) is 26.0 Å². The predicted molar refractivity (Wildman–Crippen MR) is 86.0 cm³/mol. The molecule has 8 heteroatoms. The summed E-state index contributed by atoms with van der Waals surface area (Å²) in [5.41, 5.74) is 0.895. The number of carbonyl (C=O) groups is 1. The predicted octanol–water partition coefficient (Wildman–Crippen LogP) is 0.783. The van der Waals surface area contributed by atoms with E-state index in [2.05, 4.69) is 5.32 Å². The summed E-state index contributed by atoms with van der Waals surface area (Å²) in [4.78, 5) is 11.9. The number of hydrogen-bond donors (Lipinski definition) is 1. The van der Waals surface area contributed by atoms with E-state index in [1.807, 2.05) is 0 Å². The number of nitrogens with zero attached hydrogens (tertiary/aromatic N) is 1. The highest BCUT2D eigenvalue weighted by atomic mass is 32.2. The highest BCUT2D eigenvalue weighted by Crippen LogP contribution is 2.03. The van der Waals surface area contributed by atoms with Crippen LogP contribution in [0.15, 0.2) is 24.3 Å². The molecule has 0 aliphatic rings. The average Bonchev–Trinajstić information content (AvgIpc) is 2.47. The maximum absolute atomic E-state index is 12.8. The second kappa shape index (κ2) is 9.59. The van der Waals surface area contributed by atoms with Crippen molar-refractivity contribution in [3.63, 3.8) is 0 Å². The van der Waals surface area contributed by atoms with Gasteiger partial charge in [-0.1, -0.05) is 12.1 Å². The Morgan fingerprint density at radius 2 is 1.96 bits per heavy atom. The fraction of sp³-hybridized carbons (Fsp3) is 0.533. The van der Waals surface area contributed by atoms with Gasteiger partial charge in [0.1, 0.15) is 5.82 Å². The van der Waals surface area contributed by atoms with E-state index in [1.54, 1.807) is 12.1 Å². The fourth-order valence-corrected chi connectivity index (χ4v) is 2.77. The lowest BCUT2D eigenvalue weighted by Crippen LogP contribution is -2.41. The van der Waals surface area contributed by atoms with E-state index in [9.17, 15) is 17.6 Å². The van der Waals surface area contributed by atoms with Crippen molar-refractivity contribution in [2.24, 2.45) is 0 Å². The third kappa shape index (κ3) is 8.06. The maximum atomic E-state index is 12.8. The Labute approximate surface area is 136 Å². The van der Waals surface area contributed by atoms with E-state index in [0.717, 1.165) is 16.1 Å². The van der Waals surface area contributed by atoms with E-state index in [4.69, 9.17) is 4.74 Å². The van der Waals surface area contributed by atoms with Crippen molar-refractivity contribution in [2.75, 3.05) is 39.6 Å². The molecule has 0 aliphatic carbocycles. The Kier molecular flexibility index (Phi) is 8.15. The van der Waals surface area contributed by atoms with Gasteiger partial charge in [-0.25, -0.2) is 12.8 Å². The number of carbonyl (C=O) groups excluding carboxylic acids is 1. The molecule has 6 nitrogen and oxygen atoms in total. The summed E-state index contributed by atoms with van der Waals surface area (Å²) in [5.74, 6) is -0.674. The number of methoxy groups -OCH3 is 1. The van der Waals surface area contributed by atoms with Crippen molar-refractivity contribution in [2.45, 2.75) is 12.8 Å². The van der Waals surface area contributed by atoms with Gasteiger partial charge in [-0.15, -0.1) is 0 Å². The van der Waals surface area contributed by atoms with Gasteiger partial charge in [0.15, 0.2) is 0 Å². The molecule has 23 heavy (non-hydrogen) atoms. The minimum absolute atomic E-state index is 0.216. The van der Waals surface area contributed by atoms with Gasteiger partial charge in [-0.2, -0.15) is 4.31 Å². The summed E-state index contributed by atoms with van der Waals surface area (Å²) >= 11 is 0. The Hall–Kier alpha value is -1.51. The molecule has 0 saturated heterocycles. The highest BCUT2D eigenvalue weighted by molar-refractivity contribution is 7.88. The van der Waals surface area contributed by atoms with Crippen LogP contribution in [-0.4, -0.2) is 58.2 Å². The molecule has 0 unspecified atom stereocenters. The molecule has 0 fully saturated rings. The van der Waals surface area contributed by atoms with Crippen LogP contribution >= 0.6 is 0 Å². The van der Waals surface area contributed by atoms with Gasteiger partial charge in [0.05, 0.1) is 12.8 Å². The Morgan fingerprint density at radius 1 is 1.30 bits per heavy atom. The van der Waals surface area contributed by atoms with Crippen LogP contribution in [0.25, 0.3) is 0 Å². The Balaban J connectivity index is 2.41. The zero-order chi connectivity index (χ0) is 17.3. The summed E-state index contributed by atoms with van der Waals surface area (Å²) in [6.07, 6.45) is 2.15. The number of halogens is 1. The molecule has 0 heterocycles. The van der Waals surface area contributed by atoms with Crippen LogP contribution in [0.5, 0.6) is 0 Å². The largest absolute Gasteiger partial charge is 0.385 e. The van der Waals surface area contributed by atoms with Crippen LogP contribution in [0.1, 0.15) is 12.0 Å². The molecule has 1 amide bonds. The Bertz CT molecular complexity index is 590. The van der Waals surface area contributed by atoms with Crippen LogP contribution < -0.4 is 5.32 Å². The number of rotatable bonds is 10. The van der Waals surface area contributed by atoms with Crippen molar-refractivity contribution < 1.29 is 22.3 Å². The van der Waals surface area contributed by atoms with Gasteiger partial charge >= 0.3 is 0 Å². The fourth-order valence-electron chi connectivity index (χ4n) is 1.96. The lowest BCUT2D eigenvalue weighted by molar-refractivity contribution is -0.121. The molecule has 0 saturated carbocycles. The van der Waals surface area contributed by atoms with E-state index in [1.165, 1.54) is 19.2 Å². The molecular formula is C15H23FN2O4S. The molecule has 0 spiro atoms. The highest BCUT2D eigenvalue weighted by Gasteiger charge is 2.19. The standard InChI is InChI=1S/C15H23FN2O4S/c1-22-11-3-10-18(23(2,20)21)12-15(19)17-9-8-13-4-6-14(16)7-5-13/h4-7H,3,8-12H2,1-2H3,(H,17,19). The van der Waals surface area contributed by atoms with Crippen molar-refractivity contribution in [3.05, 3.63) is 35.6 Å². The summed E-state index contributed by atoms with van der Waals surface area (Å²) in [6.45, 7) is 0.808. The number of hydrogen-bond acceptors (Lipinski definition) is 4. The lowest BCUT2D eigenvalue weighted by atomic mass is 10.1. The van der Waals surface area contributed by atoms with E-state index in [-0.39, 0.29) is 24.8 Å². The summed E-state index contributed by atoms with van der Waals surface area (Å²) in [5, 5.41) is 2.67. The third-order valence-electron chi connectivity index (χ3n) is 3.19. The average molecular weight is 346 g/mol. The molecule has 1 rings (SSSR count). The molecular weight excluding hydrogens is 323 g/mol. The monoisotopic (exact) mass is 346 g/mol. The first kappa shape index (κ1) is 19.5. The van der Waals surface area contributed by atoms with Crippen LogP contribution in [-0.2, 0) is 26.0 Å². The second-order valence-corrected chi connectivity index (χ2v) is 7.15. The minimum atomic E-state index is -3.45. The number of amides is 1. The first-order valence-corrected chi connectivity index (χ1v) is 9.13. The Morgan fingerprint density at radius 3 is 2.52 bits per heavy atom. The zero-order valence-electron chi connectivity index (χ0n) is 13.4. The summed E-state index contributed by atoms with van der Waals surface area (Å²) in [7, 11) is -1.91. The molecule has 0 atom stereocenters. The van der Waals surface area contributed by atoms with E-state index < -0.39 is 10.0 Å². The van der Waals surface area contributed by atoms with Gasteiger partial charge in [0, 0.05) is 26.8 Å². The molecule has 1 aromatic carbocycles. The van der Waals surface area contributed by atoms with Crippen molar-refractivity contribution in [1.82, 2.24) is 9.62 Å². The van der Waals surface area contributed by atoms with Crippen molar-refractivity contribution >= 4 is 15.9 Å². The molecule has 130 valence electrons. The zero-order valence-corrected chi connectivity index (χ0v) is 14.2. The van der Waals surface area contributed by atoms with Crippen LogP contribution in [0.2, 0.25) is 0 Å². The molecule has 0 aliphatic heterocycles. The summed E-state index contributed by atoms with van der Waals surface area (Å²) in [6, 6.07) is 6.01.